The molecule has 0 fully saturated rings. The minimum atomic E-state index is -0.157. The lowest BCUT2D eigenvalue weighted by atomic mass is 10.1. The maximum absolute atomic E-state index is 12.0. The Labute approximate surface area is 117 Å². The van der Waals surface area contributed by atoms with Gasteiger partial charge in [-0.2, -0.15) is 0 Å². The molecule has 0 aliphatic carbocycles. The van der Waals surface area contributed by atoms with Gasteiger partial charge >= 0.3 is 0 Å². The van der Waals surface area contributed by atoms with Crippen molar-refractivity contribution < 1.29 is 4.79 Å². The van der Waals surface area contributed by atoms with Crippen LogP contribution in [0.1, 0.15) is 21.6 Å². The molecule has 0 aliphatic heterocycles. The molecule has 0 saturated heterocycles. The Hall–Kier alpha value is -2.79. The second-order valence-corrected chi connectivity index (χ2v) is 4.62. The van der Waals surface area contributed by atoms with Crippen LogP contribution in [0.5, 0.6) is 0 Å². The van der Waals surface area contributed by atoms with E-state index in [1.165, 1.54) is 0 Å². The molecule has 1 N–H and O–H groups in total. The van der Waals surface area contributed by atoms with E-state index in [1.54, 1.807) is 12.1 Å². The zero-order chi connectivity index (χ0) is 13.9. The molecule has 2 nitrogen and oxygen atoms in total. The molecule has 0 atom stereocenters. The molecular weight excluding hydrogens is 246 g/mol. The molecule has 2 heteroatoms. The maximum atomic E-state index is 12.0. The Bertz CT molecular complexity index is 832. The third-order valence-corrected chi connectivity index (χ3v) is 3.23. The van der Waals surface area contributed by atoms with Gasteiger partial charge in [0.1, 0.15) is 0 Å². The molecule has 0 spiro atoms. The van der Waals surface area contributed by atoms with Crippen molar-refractivity contribution in [2.75, 3.05) is 0 Å². The summed E-state index contributed by atoms with van der Waals surface area (Å²) >= 11 is 0. The zero-order valence-electron chi connectivity index (χ0n) is 11.1. The molecule has 0 amide bonds. The molecule has 96 valence electrons. The lowest BCUT2D eigenvalue weighted by molar-refractivity contribution is 0.105. The Morgan fingerprint density at radius 2 is 1.70 bits per heavy atom. The number of aromatic amines is 1. The average molecular weight is 259 g/mol. The standard InChI is InChI=1S/C18H13NO/c1-13-15(16-9-5-6-10-17(16)19-13)11-12-18(20)14-7-3-2-4-8-14/h2-10,19H,1H3. The van der Waals surface area contributed by atoms with Crippen LogP contribution in [0.15, 0.2) is 54.6 Å². The van der Waals surface area contributed by atoms with Crippen molar-refractivity contribution in [2.24, 2.45) is 0 Å². The van der Waals surface area contributed by atoms with E-state index in [0.29, 0.717) is 5.56 Å². The molecule has 3 rings (SSSR count). The van der Waals surface area contributed by atoms with E-state index in [0.717, 1.165) is 22.2 Å². The molecule has 0 saturated carbocycles. The van der Waals surface area contributed by atoms with Gasteiger partial charge in [0.25, 0.3) is 0 Å². The molecule has 1 heterocycles. The Morgan fingerprint density at radius 3 is 2.50 bits per heavy atom. The van der Waals surface area contributed by atoms with Crippen molar-refractivity contribution in [2.45, 2.75) is 6.92 Å². The van der Waals surface area contributed by atoms with Gasteiger partial charge in [0, 0.05) is 22.2 Å². The highest BCUT2D eigenvalue weighted by Crippen LogP contribution is 2.20. The van der Waals surface area contributed by atoms with Crippen LogP contribution in [0, 0.1) is 18.8 Å². The minimum Gasteiger partial charge on any atom is -0.358 e. The number of aromatic nitrogens is 1. The van der Waals surface area contributed by atoms with Crippen molar-refractivity contribution in [3.05, 3.63) is 71.4 Å². The summed E-state index contributed by atoms with van der Waals surface area (Å²) < 4.78 is 0. The number of rotatable bonds is 1. The van der Waals surface area contributed by atoms with Crippen molar-refractivity contribution in [3.63, 3.8) is 0 Å². The smallest absolute Gasteiger partial charge is 0.236 e. The predicted molar refractivity (Wildman–Crippen MR) is 80.7 cm³/mol. The summed E-state index contributed by atoms with van der Waals surface area (Å²) in [5.41, 5.74) is 3.54. The number of H-pyrrole nitrogens is 1. The summed E-state index contributed by atoms with van der Waals surface area (Å²) in [5, 5.41) is 1.05. The molecule has 0 bridgehead atoms. The summed E-state index contributed by atoms with van der Waals surface area (Å²) in [7, 11) is 0. The number of nitrogens with one attached hydrogen (secondary N) is 1. The first-order valence-corrected chi connectivity index (χ1v) is 6.44. The van der Waals surface area contributed by atoms with E-state index in [9.17, 15) is 4.79 Å². The molecule has 0 aliphatic rings. The zero-order valence-corrected chi connectivity index (χ0v) is 11.1. The topological polar surface area (TPSA) is 32.9 Å². The summed E-state index contributed by atoms with van der Waals surface area (Å²) in [6.07, 6.45) is 0. The highest BCUT2D eigenvalue weighted by molar-refractivity contribution is 6.09. The number of hydrogen-bond donors (Lipinski definition) is 1. The SMILES string of the molecule is Cc1[nH]c2ccccc2c1C#CC(=O)c1ccccc1. The summed E-state index contributed by atoms with van der Waals surface area (Å²) in [4.78, 5) is 15.3. The van der Waals surface area contributed by atoms with Crippen LogP contribution in [-0.4, -0.2) is 10.8 Å². The van der Waals surface area contributed by atoms with Crippen molar-refractivity contribution in [1.29, 1.82) is 0 Å². The number of para-hydroxylation sites is 1. The minimum absolute atomic E-state index is 0.157. The van der Waals surface area contributed by atoms with Crippen LogP contribution < -0.4 is 0 Å². The molecule has 0 unspecified atom stereocenters. The number of aryl methyl sites for hydroxylation is 1. The molecule has 3 aromatic rings. The molecule has 20 heavy (non-hydrogen) atoms. The van der Waals surface area contributed by atoms with Crippen molar-refractivity contribution in [3.8, 4) is 11.8 Å². The first-order chi connectivity index (χ1) is 9.75. The quantitative estimate of drug-likeness (QED) is 0.524. The molecule has 1 aromatic heterocycles. The number of Topliss-reactive ketones (excluding diaryl/α,β-unsaturated/α-hetero) is 1. The van der Waals surface area contributed by atoms with Crippen LogP contribution in [0.25, 0.3) is 10.9 Å². The van der Waals surface area contributed by atoms with E-state index in [2.05, 4.69) is 16.8 Å². The van der Waals surface area contributed by atoms with Gasteiger partial charge in [0.15, 0.2) is 0 Å². The second-order valence-electron chi connectivity index (χ2n) is 4.62. The van der Waals surface area contributed by atoms with Crippen LogP contribution in [0.4, 0.5) is 0 Å². The lowest BCUT2D eigenvalue weighted by Crippen LogP contribution is -1.93. The van der Waals surface area contributed by atoms with Gasteiger partial charge in [-0.15, -0.1) is 0 Å². The number of hydrogen-bond acceptors (Lipinski definition) is 1. The fourth-order valence-electron chi connectivity index (χ4n) is 2.22. The summed E-state index contributed by atoms with van der Waals surface area (Å²) in [5.74, 6) is 5.57. The highest BCUT2D eigenvalue weighted by Gasteiger charge is 2.06. The van der Waals surface area contributed by atoms with Gasteiger partial charge in [-0.3, -0.25) is 4.79 Å². The number of fused-ring (bicyclic) bond motifs is 1. The van der Waals surface area contributed by atoms with Gasteiger partial charge in [-0.05, 0) is 18.9 Å². The summed E-state index contributed by atoms with van der Waals surface area (Å²) in [6, 6.07) is 17.1. The molecular formula is C18H13NO. The number of ketones is 1. The normalized spacial score (nSPS) is 10.1. The fraction of sp³-hybridized carbons (Fsp3) is 0.0556. The Kier molecular flexibility index (Phi) is 3.10. The van der Waals surface area contributed by atoms with E-state index in [1.807, 2.05) is 49.4 Å². The van der Waals surface area contributed by atoms with Gasteiger partial charge < -0.3 is 4.98 Å². The van der Waals surface area contributed by atoms with Gasteiger partial charge in [0.05, 0.1) is 5.56 Å². The van der Waals surface area contributed by atoms with Crippen LogP contribution in [0.3, 0.4) is 0 Å². The second kappa shape index (κ2) is 5.07. The monoisotopic (exact) mass is 259 g/mol. The van der Waals surface area contributed by atoms with Crippen LogP contribution in [0.2, 0.25) is 0 Å². The van der Waals surface area contributed by atoms with Crippen LogP contribution in [-0.2, 0) is 0 Å². The number of carbonyl (C=O) groups excluding carboxylic acids is 1. The fourth-order valence-corrected chi connectivity index (χ4v) is 2.22. The van der Waals surface area contributed by atoms with Gasteiger partial charge in [0.2, 0.25) is 5.78 Å². The van der Waals surface area contributed by atoms with E-state index in [4.69, 9.17) is 0 Å². The number of benzene rings is 2. The maximum Gasteiger partial charge on any atom is 0.236 e. The first-order valence-electron chi connectivity index (χ1n) is 6.44. The third kappa shape index (κ3) is 2.22. The number of carbonyl (C=O) groups is 1. The molecule has 0 radical (unpaired) electrons. The summed E-state index contributed by atoms with van der Waals surface area (Å²) in [6.45, 7) is 1.97. The predicted octanol–water partition coefficient (Wildman–Crippen LogP) is 3.71. The average Bonchev–Trinajstić information content (AvgIpc) is 2.81. The van der Waals surface area contributed by atoms with E-state index in [-0.39, 0.29) is 5.78 Å². The lowest BCUT2D eigenvalue weighted by Gasteiger charge is -1.92. The van der Waals surface area contributed by atoms with Gasteiger partial charge in [-0.1, -0.05) is 54.5 Å². The van der Waals surface area contributed by atoms with E-state index >= 15 is 0 Å². The third-order valence-electron chi connectivity index (χ3n) is 3.23. The van der Waals surface area contributed by atoms with Gasteiger partial charge in [-0.25, -0.2) is 0 Å². The van der Waals surface area contributed by atoms with Crippen molar-refractivity contribution in [1.82, 2.24) is 4.98 Å². The first kappa shape index (κ1) is 12.3. The highest BCUT2D eigenvalue weighted by atomic mass is 16.1. The van der Waals surface area contributed by atoms with Crippen molar-refractivity contribution >= 4 is 16.7 Å². The molecule has 2 aromatic carbocycles. The van der Waals surface area contributed by atoms with E-state index < -0.39 is 0 Å². The largest absolute Gasteiger partial charge is 0.358 e. The van der Waals surface area contributed by atoms with Crippen LogP contribution >= 0.6 is 0 Å². The Morgan fingerprint density at radius 1 is 1.00 bits per heavy atom. The Balaban J connectivity index is 2.01.